The zero-order valence-corrected chi connectivity index (χ0v) is 11.4. The topological polar surface area (TPSA) is 80.9 Å². The third kappa shape index (κ3) is 57.2. The van der Waals surface area contributed by atoms with Gasteiger partial charge in [-0.25, -0.2) is 0 Å². The Kier molecular flexibility index (Phi) is 15.4. The molecule has 0 aromatic heterocycles. The summed E-state index contributed by atoms with van der Waals surface area (Å²) >= 11 is 0. The van der Waals surface area contributed by atoms with Crippen LogP contribution in [-0.2, 0) is 26.2 Å². The molecule has 0 bridgehead atoms. The molecule has 7 heteroatoms. The molecule has 0 heterocycles. The van der Waals surface area contributed by atoms with E-state index in [1.165, 1.54) is 0 Å². The van der Waals surface area contributed by atoms with E-state index in [0.717, 1.165) is 0 Å². The van der Waals surface area contributed by atoms with Gasteiger partial charge >= 0.3 is 9.05 Å². The van der Waals surface area contributed by atoms with Gasteiger partial charge in [0.15, 0.2) is 0 Å². The maximum atomic E-state index is 7.33. The van der Waals surface area contributed by atoms with E-state index in [2.05, 4.69) is 0 Å². The maximum Gasteiger partial charge on any atom is 0.668 e. The van der Waals surface area contributed by atoms with Gasteiger partial charge < -0.3 is 19.2 Å². The second-order valence-electron chi connectivity index (χ2n) is 0.600. The molecule has 0 saturated heterocycles. The Morgan fingerprint density at radius 3 is 0.857 bits per heavy atom. The molecular weight excluding hydrogens is 321 g/mol. The molecule has 0 aromatic rings. The zero-order valence-electron chi connectivity index (χ0n) is 3.50. The van der Waals surface area contributed by atoms with E-state index in [1.54, 1.807) is 0 Å². The van der Waals surface area contributed by atoms with Crippen LogP contribution in [0, 0.1) is 0 Å². The number of rotatable bonds is 0. The van der Waals surface area contributed by atoms with Gasteiger partial charge in [-0.1, -0.05) is 0 Å². The molecule has 0 aliphatic carbocycles. The van der Waals surface area contributed by atoms with Crippen molar-refractivity contribution in [2.24, 2.45) is 0 Å². The smallest absolute Gasteiger partial charge is 0.368 e. The van der Waals surface area contributed by atoms with E-state index in [0.29, 0.717) is 0 Å². The Labute approximate surface area is 101 Å². The molecule has 2 radical (unpaired) electrons. The van der Waals surface area contributed by atoms with Crippen molar-refractivity contribution in [3.05, 3.63) is 0 Å². The normalized spacial score (nSPS) is 8.57. The van der Waals surface area contributed by atoms with Crippen molar-refractivity contribution < 1.29 is 45.4 Å². The summed E-state index contributed by atoms with van der Waals surface area (Å²) in [5, 5.41) is 0. The molecule has 38 valence electrons. The first-order valence-corrected chi connectivity index (χ1v) is 2.68. The van der Waals surface area contributed by atoms with Crippen LogP contribution in [0.1, 0.15) is 0 Å². The summed E-state index contributed by atoms with van der Waals surface area (Å²) in [7, 11) is -4.61. The SMILES string of the molecule is O[Si](O)(O)O.[Ba].[Zr]. The van der Waals surface area contributed by atoms with Crippen molar-refractivity contribution in [1.82, 2.24) is 0 Å². The second kappa shape index (κ2) is 6.63. The Balaban J connectivity index is -0.0000000800. The minimum absolute atomic E-state index is 0. The van der Waals surface area contributed by atoms with Gasteiger partial charge in [0.05, 0.1) is 0 Å². The molecule has 0 aliphatic rings. The van der Waals surface area contributed by atoms with E-state index in [4.69, 9.17) is 19.2 Å². The van der Waals surface area contributed by atoms with Gasteiger partial charge in [0.25, 0.3) is 0 Å². The van der Waals surface area contributed by atoms with Crippen molar-refractivity contribution in [3.63, 3.8) is 0 Å². The summed E-state index contributed by atoms with van der Waals surface area (Å²) in [5.74, 6) is 0. The molecule has 4 nitrogen and oxygen atoms in total. The van der Waals surface area contributed by atoms with E-state index in [-0.39, 0.29) is 75.1 Å². The molecule has 0 atom stereocenters. The molecule has 0 saturated carbocycles. The summed E-state index contributed by atoms with van der Waals surface area (Å²) in [5.41, 5.74) is 0. The molecule has 0 amide bonds. The number of hydrogen-bond donors (Lipinski definition) is 4. The van der Waals surface area contributed by atoms with Crippen LogP contribution in [0.15, 0.2) is 0 Å². The van der Waals surface area contributed by atoms with Crippen LogP contribution in [0.5, 0.6) is 0 Å². The van der Waals surface area contributed by atoms with Crippen LogP contribution in [0.2, 0.25) is 0 Å². The first-order chi connectivity index (χ1) is 2.00. The van der Waals surface area contributed by atoms with Gasteiger partial charge in [0.2, 0.25) is 0 Å². The zero-order chi connectivity index (χ0) is 4.50. The molecule has 0 spiro atoms. The monoisotopic (exact) mass is 324 g/mol. The van der Waals surface area contributed by atoms with E-state index in [9.17, 15) is 0 Å². The number of hydrogen-bond acceptors (Lipinski definition) is 4. The van der Waals surface area contributed by atoms with Gasteiger partial charge in [-0.3, -0.25) is 0 Å². The fraction of sp³-hybridized carbons (Fsp3) is 0. The van der Waals surface area contributed by atoms with Crippen molar-refractivity contribution in [1.29, 1.82) is 0 Å². The van der Waals surface area contributed by atoms with Crippen LogP contribution in [0.25, 0.3) is 0 Å². The van der Waals surface area contributed by atoms with Gasteiger partial charge in [-0.05, 0) is 0 Å². The fourth-order valence-corrected chi connectivity index (χ4v) is 0. The van der Waals surface area contributed by atoms with Crippen LogP contribution >= 0.6 is 0 Å². The third-order valence-electron chi connectivity index (χ3n) is 0. The molecule has 7 heavy (non-hydrogen) atoms. The van der Waals surface area contributed by atoms with Crippen molar-refractivity contribution in [3.8, 4) is 0 Å². The van der Waals surface area contributed by atoms with Crippen LogP contribution in [0.3, 0.4) is 0 Å². The van der Waals surface area contributed by atoms with Crippen LogP contribution in [0.4, 0.5) is 0 Å². The maximum absolute atomic E-state index is 7.33. The average Bonchev–Trinajstić information content (AvgIpc) is 0.722. The largest absolute Gasteiger partial charge is 0.668 e. The predicted molar refractivity (Wildman–Crippen MR) is 20.4 cm³/mol. The van der Waals surface area contributed by atoms with Gasteiger partial charge in [0, 0.05) is 75.1 Å². The van der Waals surface area contributed by atoms with Crippen LogP contribution < -0.4 is 0 Å². The first kappa shape index (κ1) is 16.3. The molecule has 4 N–H and O–H groups in total. The standard InChI is InChI=1S/Ba.H4O4Si.Zr/c;1-5(2,3)4;/h;1-4H;. The summed E-state index contributed by atoms with van der Waals surface area (Å²) in [4.78, 5) is 29.3. The molecule has 0 unspecified atom stereocenters. The van der Waals surface area contributed by atoms with Crippen molar-refractivity contribution in [2.45, 2.75) is 0 Å². The summed E-state index contributed by atoms with van der Waals surface area (Å²) < 4.78 is 0. The van der Waals surface area contributed by atoms with Crippen LogP contribution in [-0.4, -0.2) is 77.1 Å². The van der Waals surface area contributed by atoms with Gasteiger partial charge in [0.1, 0.15) is 0 Å². The average molecular weight is 325 g/mol. The Morgan fingerprint density at radius 1 is 0.857 bits per heavy atom. The minimum atomic E-state index is -4.61. The summed E-state index contributed by atoms with van der Waals surface area (Å²) in [6.45, 7) is 0. The molecular formula is H4BaO4SiZr. The summed E-state index contributed by atoms with van der Waals surface area (Å²) in [6, 6.07) is 0. The minimum Gasteiger partial charge on any atom is -0.368 e. The molecule has 0 rings (SSSR count). The van der Waals surface area contributed by atoms with E-state index < -0.39 is 9.05 Å². The Morgan fingerprint density at radius 2 is 0.857 bits per heavy atom. The van der Waals surface area contributed by atoms with Gasteiger partial charge in [-0.15, -0.1) is 0 Å². The summed E-state index contributed by atoms with van der Waals surface area (Å²) in [6.07, 6.45) is 0. The quantitative estimate of drug-likeness (QED) is 0.358. The third-order valence-corrected chi connectivity index (χ3v) is 0. The van der Waals surface area contributed by atoms with E-state index >= 15 is 0 Å². The Bertz CT molecular complexity index is 27.2. The molecule has 0 aromatic carbocycles. The van der Waals surface area contributed by atoms with E-state index in [1.807, 2.05) is 0 Å². The second-order valence-corrected chi connectivity index (χ2v) is 1.80. The van der Waals surface area contributed by atoms with Crippen molar-refractivity contribution >= 4 is 57.9 Å². The first-order valence-electron chi connectivity index (χ1n) is 0.894. The van der Waals surface area contributed by atoms with Crippen molar-refractivity contribution in [2.75, 3.05) is 0 Å². The fourth-order valence-electron chi connectivity index (χ4n) is 0. The van der Waals surface area contributed by atoms with Gasteiger partial charge in [-0.2, -0.15) is 0 Å². The predicted octanol–water partition coefficient (Wildman–Crippen LogP) is -2.99. The molecule has 0 fully saturated rings. The Hall–Kier alpha value is 2.51. The molecule has 0 aliphatic heterocycles.